The molecule has 1 aliphatic carbocycles. The Hall–Kier alpha value is -0.870. The number of nitrogens with zero attached hydrogens (tertiary/aromatic N) is 1. The van der Waals surface area contributed by atoms with E-state index in [0.717, 1.165) is 17.3 Å². The molecule has 1 aromatic rings. The summed E-state index contributed by atoms with van der Waals surface area (Å²) in [6.07, 6.45) is 2.09. The Balaban J connectivity index is 1.82. The van der Waals surface area contributed by atoms with Crippen LogP contribution in [0.3, 0.4) is 0 Å². The van der Waals surface area contributed by atoms with Crippen LogP contribution in [0.1, 0.15) is 18.4 Å². The average molecular weight is 283 g/mol. The molecule has 86 valence electrons. The maximum atomic E-state index is 11.6. The molecule has 0 aliphatic heterocycles. The molecule has 0 atom stereocenters. The summed E-state index contributed by atoms with van der Waals surface area (Å²) in [4.78, 5) is 11.6. The van der Waals surface area contributed by atoms with Gasteiger partial charge in [-0.3, -0.25) is 9.80 Å². The first-order chi connectivity index (χ1) is 7.66. The minimum absolute atomic E-state index is 0.206. The molecule has 1 saturated carbocycles. The molecule has 0 radical (unpaired) electrons. The van der Waals surface area contributed by atoms with E-state index in [9.17, 15) is 4.79 Å². The number of amides is 1. The van der Waals surface area contributed by atoms with Gasteiger partial charge in [-0.2, -0.15) is 0 Å². The molecule has 16 heavy (non-hydrogen) atoms. The summed E-state index contributed by atoms with van der Waals surface area (Å²) in [5.74, 6) is 0.472. The summed E-state index contributed by atoms with van der Waals surface area (Å²) >= 11 is 3.39. The van der Waals surface area contributed by atoms with Crippen LogP contribution in [0.4, 0.5) is 0 Å². The summed E-state index contributed by atoms with van der Waals surface area (Å²) in [7, 11) is 1.79. The van der Waals surface area contributed by atoms with Crippen molar-refractivity contribution in [1.29, 1.82) is 0 Å². The van der Waals surface area contributed by atoms with E-state index >= 15 is 0 Å². The van der Waals surface area contributed by atoms with Crippen molar-refractivity contribution in [2.24, 2.45) is 5.92 Å². The fourth-order valence-corrected chi connectivity index (χ4v) is 1.76. The Morgan fingerprint density at radius 3 is 2.62 bits per heavy atom. The Kier molecular flexibility index (Phi) is 3.61. The third-order valence-corrected chi connectivity index (χ3v) is 3.22. The van der Waals surface area contributed by atoms with Crippen LogP contribution in [0.25, 0.3) is 0 Å². The number of nitrogens with one attached hydrogen (secondary N) is 1. The number of carbonyl (C=O) groups is 1. The molecule has 2 rings (SSSR count). The molecule has 1 fully saturated rings. The molecule has 0 spiro atoms. The quantitative estimate of drug-likeness (QED) is 0.860. The molecule has 3 nitrogen and oxygen atoms in total. The lowest BCUT2D eigenvalue weighted by atomic mass is 10.2. The van der Waals surface area contributed by atoms with E-state index in [1.54, 1.807) is 12.1 Å². The number of hydrazine groups is 1. The molecule has 1 N–H and O–H groups in total. The molecule has 1 aliphatic rings. The Morgan fingerprint density at radius 1 is 1.44 bits per heavy atom. The fourth-order valence-electron chi connectivity index (χ4n) is 1.49. The van der Waals surface area contributed by atoms with Crippen LogP contribution in [0.15, 0.2) is 28.7 Å². The van der Waals surface area contributed by atoms with Gasteiger partial charge in [0.2, 0.25) is 5.91 Å². The molecule has 4 heteroatoms. The number of hydrogen-bond acceptors (Lipinski definition) is 2. The van der Waals surface area contributed by atoms with Crippen LogP contribution in [-0.2, 0) is 11.3 Å². The largest absolute Gasteiger partial charge is 0.281 e. The molecule has 0 aromatic heterocycles. The first-order valence-corrected chi connectivity index (χ1v) is 6.21. The van der Waals surface area contributed by atoms with Gasteiger partial charge in [0.25, 0.3) is 0 Å². The summed E-state index contributed by atoms with van der Waals surface area (Å²) in [6.45, 7) is 0.683. The van der Waals surface area contributed by atoms with E-state index in [2.05, 4.69) is 21.4 Å². The lowest BCUT2D eigenvalue weighted by Gasteiger charge is -2.18. The highest BCUT2D eigenvalue weighted by molar-refractivity contribution is 9.10. The molecule has 1 amide bonds. The molecule has 0 heterocycles. The second-order valence-corrected chi connectivity index (χ2v) is 5.05. The third-order valence-electron chi connectivity index (χ3n) is 2.69. The van der Waals surface area contributed by atoms with Gasteiger partial charge in [-0.15, -0.1) is 0 Å². The SMILES string of the molecule is CN(NCc1ccc(Br)cc1)C(=O)C1CC1. The van der Waals surface area contributed by atoms with Gasteiger partial charge in [-0.1, -0.05) is 28.1 Å². The highest BCUT2D eigenvalue weighted by atomic mass is 79.9. The zero-order valence-electron chi connectivity index (χ0n) is 9.24. The van der Waals surface area contributed by atoms with Crippen molar-refractivity contribution in [2.45, 2.75) is 19.4 Å². The first kappa shape index (κ1) is 11.6. The molecular formula is C12H15BrN2O. The van der Waals surface area contributed by atoms with Gasteiger partial charge in [-0.05, 0) is 30.5 Å². The first-order valence-electron chi connectivity index (χ1n) is 5.42. The predicted molar refractivity (Wildman–Crippen MR) is 66.5 cm³/mol. The summed E-state index contributed by atoms with van der Waals surface area (Å²) in [6, 6.07) is 8.07. The number of halogens is 1. The van der Waals surface area contributed by atoms with Gasteiger partial charge in [0.05, 0.1) is 0 Å². The van der Waals surface area contributed by atoms with E-state index in [-0.39, 0.29) is 11.8 Å². The second kappa shape index (κ2) is 4.97. The van der Waals surface area contributed by atoms with Gasteiger partial charge in [-0.25, -0.2) is 5.43 Å². The van der Waals surface area contributed by atoms with Gasteiger partial charge >= 0.3 is 0 Å². The van der Waals surface area contributed by atoms with Gasteiger partial charge in [0.15, 0.2) is 0 Å². The smallest absolute Gasteiger partial charge is 0.239 e. The Bertz CT molecular complexity index is 373. The summed E-state index contributed by atoms with van der Waals surface area (Å²) < 4.78 is 1.07. The molecule has 1 aromatic carbocycles. The van der Waals surface area contributed by atoms with Crippen LogP contribution >= 0.6 is 15.9 Å². The van der Waals surface area contributed by atoms with Crippen molar-refractivity contribution in [1.82, 2.24) is 10.4 Å². The Morgan fingerprint density at radius 2 is 2.06 bits per heavy atom. The minimum atomic E-state index is 0.206. The van der Waals surface area contributed by atoms with Gasteiger partial charge < -0.3 is 0 Å². The number of hydrogen-bond donors (Lipinski definition) is 1. The summed E-state index contributed by atoms with van der Waals surface area (Å²) in [5, 5.41) is 1.61. The van der Waals surface area contributed by atoms with E-state index in [1.807, 2.05) is 24.3 Å². The number of carbonyl (C=O) groups excluding carboxylic acids is 1. The lowest BCUT2D eigenvalue weighted by molar-refractivity contribution is -0.134. The highest BCUT2D eigenvalue weighted by Gasteiger charge is 2.31. The summed E-state index contributed by atoms with van der Waals surface area (Å²) in [5.41, 5.74) is 4.27. The van der Waals surface area contributed by atoms with Crippen LogP contribution in [0.5, 0.6) is 0 Å². The predicted octanol–water partition coefficient (Wildman–Crippen LogP) is 2.32. The fraction of sp³-hybridized carbons (Fsp3) is 0.417. The molecule has 0 bridgehead atoms. The maximum Gasteiger partial charge on any atom is 0.239 e. The molecular weight excluding hydrogens is 268 g/mol. The van der Waals surface area contributed by atoms with E-state index in [1.165, 1.54) is 5.56 Å². The minimum Gasteiger partial charge on any atom is -0.281 e. The number of benzene rings is 1. The molecule has 0 unspecified atom stereocenters. The van der Waals surface area contributed by atoms with Crippen molar-refractivity contribution < 1.29 is 4.79 Å². The zero-order valence-corrected chi connectivity index (χ0v) is 10.8. The van der Waals surface area contributed by atoms with Crippen LogP contribution in [-0.4, -0.2) is 18.0 Å². The van der Waals surface area contributed by atoms with E-state index in [0.29, 0.717) is 6.54 Å². The third kappa shape index (κ3) is 3.06. The van der Waals surface area contributed by atoms with Gasteiger partial charge in [0, 0.05) is 24.0 Å². The van der Waals surface area contributed by atoms with Crippen LogP contribution in [0.2, 0.25) is 0 Å². The van der Waals surface area contributed by atoms with E-state index < -0.39 is 0 Å². The monoisotopic (exact) mass is 282 g/mol. The van der Waals surface area contributed by atoms with Crippen LogP contribution in [0, 0.1) is 5.92 Å². The van der Waals surface area contributed by atoms with Crippen molar-refractivity contribution in [2.75, 3.05) is 7.05 Å². The number of rotatable bonds is 4. The standard InChI is InChI=1S/C12H15BrN2O/c1-15(12(16)10-4-5-10)14-8-9-2-6-11(13)7-3-9/h2-3,6-7,10,14H,4-5,8H2,1H3. The Labute approximate surface area is 104 Å². The van der Waals surface area contributed by atoms with E-state index in [4.69, 9.17) is 0 Å². The van der Waals surface area contributed by atoms with Crippen LogP contribution < -0.4 is 5.43 Å². The lowest BCUT2D eigenvalue weighted by Crippen LogP contribution is -2.39. The maximum absolute atomic E-state index is 11.6. The normalized spacial score (nSPS) is 14.9. The van der Waals surface area contributed by atoms with Crippen molar-refractivity contribution in [3.63, 3.8) is 0 Å². The zero-order chi connectivity index (χ0) is 11.5. The molecule has 0 saturated heterocycles. The highest BCUT2D eigenvalue weighted by Crippen LogP contribution is 2.30. The van der Waals surface area contributed by atoms with Crippen molar-refractivity contribution in [3.8, 4) is 0 Å². The topological polar surface area (TPSA) is 32.3 Å². The second-order valence-electron chi connectivity index (χ2n) is 4.13. The van der Waals surface area contributed by atoms with Gasteiger partial charge in [0.1, 0.15) is 0 Å². The average Bonchev–Trinajstić information content (AvgIpc) is 3.11. The van der Waals surface area contributed by atoms with Crippen molar-refractivity contribution >= 4 is 21.8 Å². The van der Waals surface area contributed by atoms with Crippen molar-refractivity contribution in [3.05, 3.63) is 34.3 Å².